The quantitative estimate of drug-likeness (QED) is 0.334. The van der Waals surface area contributed by atoms with E-state index in [1.807, 2.05) is 32.1 Å². The topological polar surface area (TPSA) is 75.5 Å². The van der Waals surface area contributed by atoms with Crippen LogP contribution >= 0.6 is 22.9 Å². The summed E-state index contributed by atoms with van der Waals surface area (Å²) >= 11 is 7.53. The third-order valence-corrected chi connectivity index (χ3v) is 4.77. The van der Waals surface area contributed by atoms with Gasteiger partial charge in [-0.15, -0.1) is 0 Å². The Morgan fingerprint density at radius 3 is 2.85 bits per heavy atom. The van der Waals surface area contributed by atoms with Crippen molar-refractivity contribution >= 4 is 51.7 Å². The Bertz CT molecular complexity index is 779. The zero-order valence-corrected chi connectivity index (χ0v) is 17.5. The summed E-state index contributed by atoms with van der Waals surface area (Å²) in [7, 11) is 0. The van der Waals surface area contributed by atoms with Crippen LogP contribution in [0.15, 0.2) is 17.1 Å². The molecule has 0 saturated carbocycles. The Kier molecular flexibility index (Phi) is 8.80. The van der Waals surface area contributed by atoms with Gasteiger partial charge < -0.3 is 10.1 Å². The molecule has 2 rings (SSSR count). The lowest BCUT2D eigenvalue weighted by atomic mass is 10.3. The molecule has 0 atom stereocenters. The molecule has 27 heavy (non-hydrogen) atoms. The molecule has 0 unspecified atom stereocenters. The number of aromatic nitrogens is 3. The highest BCUT2D eigenvalue weighted by molar-refractivity contribution is 7.19. The van der Waals surface area contributed by atoms with Crippen molar-refractivity contribution in [2.24, 2.45) is 4.99 Å². The first-order valence-corrected chi connectivity index (χ1v) is 9.99. The molecule has 2 heterocycles. The van der Waals surface area contributed by atoms with Crippen LogP contribution in [0, 0.1) is 0 Å². The van der Waals surface area contributed by atoms with Crippen LogP contribution in [0.1, 0.15) is 32.2 Å². The standard InChI is InChI=1S/C18H25ClN6OS/c1-5-8-14-16(20-4)27-18(22-14)24-15-11-13(21-17(19)23-15)12-25(6-2)9-10-26-7-3/h5,8,11H,4,6-7,9-10,12H2,1-3H3,(H,21,22,23,24)/b8-5-. The van der Waals surface area contributed by atoms with Crippen LogP contribution in [0.25, 0.3) is 6.08 Å². The summed E-state index contributed by atoms with van der Waals surface area (Å²) in [5, 5.41) is 4.82. The van der Waals surface area contributed by atoms with Gasteiger partial charge in [0.25, 0.3) is 0 Å². The van der Waals surface area contributed by atoms with Crippen molar-refractivity contribution in [3.8, 4) is 0 Å². The fraction of sp³-hybridized carbons (Fsp3) is 0.444. The highest BCUT2D eigenvalue weighted by Crippen LogP contribution is 2.33. The summed E-state index contributed by atoms with van der Waals surface area (Å²) in [5.74, 6) is 0.599. The second-order valence-corrected chi connectivity index (χ2v) is 6.89. The van der Waals surface area contributed by atoms with Crippen LogP contribution in [0.3, 0.4) is 0 Å². The number of thiazole rings is 1. The summed E-state index contributed by atoms with van der Waals surface area (Å²) in [4.78, 5) is 19.3. The van der Waals surface area contributed by atoms with E-state index in [9.17, 15) is 0 Å². The summed E-state index contributed by atoms with van der Waals surface area (Å²) in [6, 6.07) is 1.88. The summed E-state index contributed by atoms with van der Waals surface area (Å²) in [5.41, 5.74) is 1.61. The minimum Gasteiger partial charge on any atom is -0.380 e. The molecule has 2 aromatic rings. The van der Waals surface area contributed by atoms with Gasteiger partial charge in [0.15, 0.2) is 5.13 Å². The van der Waals surface area contributed by atoms with Crippen molar-refractivity contribution in [2.45, 2.75) is 27.3 Å². The Balaban J connectivity index is 2.13. The monoisotopic (exact) mass is 408 g/mol. The van der Waals surface area contributed by atoms with Crippen molar-refractivity contribution in [2.75, 3.05) is 31.6 Å². The van der Waals surface area contributed by atoms with Gasteiger partial charge in [0, 0.05) is 25.8 Å². The van der Waals surface area contributed by atoms with Crippen LogP contribution in [0.4, 0.5) is 16.0 Å². The number of anilines is 2. The molecule has 0 aliphatic carbocycles. The Morgan fingerprint density at radius 1 is 1.37 bits per heavy atom. The van der Waals surface area contributed by atoms with Gasteiger partial charge in [-0.05, 0) is 44.8 Å². The van der Waals surface area contributed by atoms with Gasteiger partial charge in [-0.1, -0.05) is 24.3 Å². The minimum absolute atomic E-state index is 0.197. The Hall–Kier alpha value is -1.87. The van der Waals surface area contributed by atoms with Crippen molar-refractivity contribution in [1.29, 1.82) is 0 Å². The number of ether oxygens (including phenoxy) is 1. The zero-order chi connectivity index (χ0) is 19.6. The van der Waals surface area contributed by atoms with E-state index in [0.29, 0.717) is 24.1 Å². The van der Waals surface area contributed by atoms with Gasteiger partial charge in [-0.2, -0.15) is 0 Å². The number of hydrogen-bond acceptors (Lipinski definition) is 8. The van der Waals surface area contributed by atoms with Crippen LogP contribution in [-0.2, 0) is 11.3 Å². The highest BCUT2D eigenvalue weighted by atomic mass is 35.5. The number of likely N-dealkylation sites (N-methyl/N-ethyl adjacent to an activating group) is 1. The van der Waals surface area contributed by atoms with Crippen molar-refractivity contribution in [1.82, 2.24) is 19.9 Å². The average Bonchev–Trinajstić information content (AvgIpc) is 3.02. The molecule has 9 heteroatoms. The number of allylic oxidation sites excluding steroid dienone is 1. The van der Waals surface area contributed by atoms with E-state index < -0.39 is 0 Å². The molecular weight excluding hydrogens is 384 g/mol. The van der Waals surface area contributed by atoms with Crippen LogP contribution < -0.4 is 5.32 Å². The van der Waals surface area contributed by atoms with Gasteiger partial charge >= 0.3 is 0 Å². The summed E-state index contributed by atoms with van der Waals surface area (Å²) in [6.45, 7) is 13.4. The predicted octanol–water partition coefficient (Wildman–Crippen LogP) is 4.55. The molecule has 0 saturated heterocycles. The molecule has 0 aromatic carbocycles. The van der Waals surface area contributed by atoms with Gasteiger partial charge in [-0.25, -0.2) is 15.0 Å². The molecule has 2 aromatic heterocycles. The summed E-state index contributed by atoms with van der Waals surface area (Å²) < 4.78 is 5.43. The van der Waals surface area contributed by atoms with Crippen molar-refractivity contribution in [3.05, 3.63) is 28.8 Å². The van der Waals surface area contributed by atoms with Gasteiger partial charge in [0.1, 0.15) is 16.5 Å². The number of hydrogen-bond donors (Lipinski definition) is 1. The fourth-order valence-corrected chi connectivity index (χ4v) is 3.36. The van der Waals surface area contributed by atoms with Crippen LogP contribution in [0.2, 0.25) is 5.28 Å². The number of rotatable bonds is 11. The lowest BCUT2D eigenvalue weighted by Crippen LogP contribution is -2.27. The molecule has 0 amide bonds. The maximum atomic E-state index is 6.12. The second kappa shape index (κ2) is 11.1. The third kappa shape index (κ3) is 6.66. The molecule has 0 radical (unpaired) electrons. The van der Waals surface area contributed by atoms with E-state index >= 15 is 0 Å². The first-order valence-electron chi connectivity index (χ1n) is 8.80. The third-order valence-electron chi connectivity index (χ3n) is 3.68. The second-order valence-electron chi connectivity index (χ2n) is 5.57. The maximum Gasteiger partial charge on any atom is 0.224 e. The average molecular weight is 409 g/mol. The van der Waals surface area contributed by atoms with Gasteiger partial charge in [0.05, 0.1) is 12.3 Å². The lowest BCUT2D eigenvalue weighted by molar-refractivity contribution is 0.112. The van der Waals surface area contributed by atoms with Crippen LogP contribution in [-0.4, -0.2) is 52.9 Å². The number of aliphatic imine (C=N–C) groups is 1. The summed E-state index contributed by atoms with van der Waals surface area (Å²) in [6.07, 6.45) is 3.80. The smallest absolute Gasteiger partial charge is 0.224 e. The first-order chi connectivity index (χ1) is 13.1. The predicted molar refractivity (Wildman–Crippen MR) is 114 cm³/mol. The molecule has 146 valence electrons. The molecule has 0 aliphatic heterocycles. The molecule has 0 bridgehead atoms. The van der Waals surface area contributed by atoms with Gasteiger partial charge in [0.2, 0.25) is 5.28 Å². The van der Waals surface area contributed by atoms with Gasteiger partial charge in [-0.3, -0.25) is 9.89 Å². The van der Waals surface area contributed by atoms with E-state index in [1.165, 1.54) is 11.3 Å². The molecule has 0 fully saturated rings. The van der Waals surface area contributed by atoms with Crippen LogP contribution in [0.5, 0.6) is 0 Å². The van der Waals surface area contributed by atoms with E-state index in [0.717, 1.165) is 36.1 Å². The van der Waals surface area contributed by atoms with E-state index in [4.69, 9.17) is 16.3 Å². The number of nitrogens with zero attached hydrogens (tertiary/aromatic N) is 5. The highest BCUT2D eigenvalue weighted by Gasteiger charge is 2.11. The van der Waals surface area contributed by atoms with Crippen molar-refractivity contribution in [3.63, 3.8) is 0 Å². The molecule has 7 nitrogen and oxygen atoms in total. The fourth-order valence-electron chi connectivity index (χ4n) is 2.39. The Morgan fingerprint density at radius 2 is 2.19 bits per heavy atom. The number of nitrogens with one attached hydrogen (secondary N) is 1. The zero-order valence-electron chi connectivity index (χ0n) is 15.9. The van der Waals surface area contributed by atoms with Crippen molar-refractivity contribution < 1.29 is 4.74 Å². The molecular formula is C18H25ClN6OS. The first kappa shape index (κ1) is 21.4. The lowest BCUT2D eigenvalue weighted by Gasteiger charge is -2.20. The molecule has 0 aliphatic rings. The normalized spacial score (nSPS) is 11.4. The Labute approximate surface area is 169 Å². The SMILES string of the molecule is C=Nc1sc(Nc2cc(CN(CC)CCOCC)nc(Cl)n2)nc1/C=C\C. The van der Waals surface area contributed by atoms with E-state index in [1.54, 1.807) is 0 Å². The maximum absolute atomic E-state index is 6.12. The molecule has 1 N–H and O–H groups in total. The molecule has 0 spiro atoms. The largest absolute Gasteiger partial charge is 0.380 e. The van der Waals surface area contributed by atoms with E-state index in [-0.39, 0.29) is 5.28 Å². The minimum atomic E-state index is 0.197. The number of halogens is 1. The van der Waals surface area contributed by atoms with E-state index in [2.05, 4.69) is 43.8 Å².